The van der Waals surface area contributed by atoms with Crippen molar-refractivity contribution in [3.8, 4) is 0 Å². The zero-order valence-corrected chi connectivity index (χ0v) is 19.7. The molecule has 0 N–H and O–H groups in total. The molecule has 1 heterocycles. The van der Waals surface area contributed by atoms with E-state index in [2.05, 4.69) is 93.6 Å². The van der Waals surface area contributed by atoms with Crippen LogP contribution >= 0.6 is 7.92 Å². The Morgan fingerprint density at radius 3 is 2.00 bits per heavy atom. The minimum atomic E-state index is -0.576. The van der Waals surface area contributed by atoms with Crippen LogP contribution in [0.15, 0.2) is 88.7 Å². The third-order valence-corrected chi connectivity index (χ3v) is 9.71. The number of hydrogen-bond donors (Lipinski definition) is 0. The van der Waals surface area contributed by atoms with Crippen LogP contribution in [0.1, 0.15) is 46.5 Å². The first-order valence-corrected chi connectivity index (χ1v) is 12.9. The fourth-order valence-corrected chi connectivity index (χ4v) is 8.12. The summed E-state index contributed by atoms with van der Waals surface area (Å²) in [4.78, 5) is 5.11. The van der Waals surface area contributed by atoms with Gasteiger partial charge in [-0.2, -0.15) is 0 Å². The second-order valence-corrected chi connectivity index (χ2v) is 12.2. The molecular formula is C28H32NOP. The normalized spacial score (nSPS) is 25.5. The summed E-state index contributed by atoms with van der Waals surface area (Å²) in [6.07, 6.45) is 9.57. The van der Waals surface area contributed by atoms with Crippen LogP contribution < -0.4 is 10.6 Å². The Kier molecular flexibility index (Phi) is 5.39. The van der Waals surface area contributed by atoms with E-state index in [1.807, 2.05) is 0 Å². The summed E-state index contributed by atoms with van der Waals surface area (Å²) in [6.45, 7) is 7.49. The van der Waals surface area contributed by atoms with Crippen LogP contribution in [0.4, 0.5) is 0 Å². The van der Waals surface area contributed by atoms with Crippen molar-refractivity contribution in [2.75, 3.05) is 6.61 Å². The monoisotopic (exact) mass is 429 g/mol. The van der Waals surface area contributed by atoms with Crippen LogP contribution in [-0.2, 0) is 4.74 Å². The fraction of sp³-hybridized carbons (Fsp3) is 0.393. The first kappa shape index (κ1) is 20.7. The highest BCUT2D eigenvalue weighted by Gasteiger charge is 2.49. The topological polar surface area (TPSA) is 21.6 Å². The van der Waals surface area contributed by atoms with Crippen molar-refractivity contribution in [2.24, 2.45) is 15.8 Å². The van der Waals surface area contributed by atoms with Crippen molar-refractivity contribution in [3.05, 3.63) is 83.7 Å². The molecular weight excluding hydrogens is 397 g/mol. The molecule has 1 spiro atoms. The van der Waals surface area contributed by atoms with Gasteiger partial charge in [-0.15, -0.1) is 0 Å². The summed E-state index contributed by atoms with van der Waals surface area (Å²) in [5.74, 6) is 0.918. The van der Waals surface area contributed by atoms with Crippen molar-refractivity contribution < 1.29 is 4.74 Å². The number of benzene rings is 2. The van der Waals surface area contributed by atoms with Gasteiger partial charge in [0.2, 0.25) is 5.90 Å². The third kappa shape index (κ3) is 3.70. The van der Waals surface area contributed by atoms with Crippen LogP contribution in [-0.4, -0.2) is 18.5 Å². The minimum Gasteiger partial charge on any atom is -0.475 e. The molecule has 3 heteroatoms. The van der Waals surface area contributed by atoms with E-state index in [9.17, 15) is 0 Å². The summed E-state index contributed by atoms with van der Waals surface area (Å²) in [5.41, 5.74) is 1.56. The smallest absolute Gasteiger partial charge is 0.212 e. The highest BCUT2D eigenvalue weighted by Crippen LogP contribution is 2.63. The lowest BCUT2D eigenvalue weighted by Crippen LogP contribution is -2.28. The predicted octanol–water partition coefficient (Wildman–Crippen LogP) is 6.35. The molecule has 0 unspecified atom stereocenters. The Bertz CT molecular complexity index is 988. The molecule has 0 amide bonds. The van der Waals surface area contributed by atoms with Gasteiger partial charge in [-0.05, 0) is 54.9 Å². The molecule has 2 aromatic carbocycles. The molecule has 31 heavy (non-hydrogen) atoms. The average Bonchev–Trinajstić information content (AvgIpc) is 3.51. The number of nitrogens with zero attached hydrogens (tertiary/aromatic N) is 1. The van der Waals surface area contributed by atoms with Crippen molar-refractivity contribution in [1.29, 1.82) is 0 Å². The maximum Gasteiger partial charge on any atom is 0.212 e. The molecule has 0 fully saturated rings. The summed E-state index contributed by atoms with van der Waals surface area (Å²) in [6, 6.07) is 22.4. The maximum atomic E-state index is 6.26. The number of aliphatic imine (C=N–C) groups is 1. The van der Waals surface area contributed by atoms with E-state index in [-0.39, 0.29) is 16.9 Å². The molecule has 0 bridgehead atoms. The van der Waals surface area contributed by atoms with E-state index >= 15 is 0 Å². The summed E-state index contributed by atoms with van der Waals surface area (Å²) in [7, 11) is -0.576. The summed E-state index contributed by atoms with van der Waals surface area (Å²) >= 11 is 0. The number of rotatable bonds is 4. The number of ether oxygens (including phenoxy) is 1. The molecule has 1 aliphatic heterocycles. The maximum absolute atomic E-state index is 6.26. The molecule has 3 aliphatic rings. The largest absolute Gasteiger partial charge is 0.475 e. The Hall–Kier alpha value is -2.18. The van der Waals surface area contributed by atoms with Gasteiger partial charge in [-0.1, -0.05) is 93.6 Å². The predicted molar refractivity (Wildman–Crippen MR) is 133 cm³/mol. The van der Waals surface area contributed by atoms with Gasteiger partial charge in [-0.3, -0.25) is 0 Å². The van der Waals surface area contributed by atoms with Gasteiger partial charge >= 0.3 is 0 Å². The molecule has 2 aliphatic carbocycles. The molecule has 0 radical (unpaired) electrons. The molecule has 2 aromatic rings. The van der Waals surface area contributed by atoms with Crippen molar-refractivity contribution >= 4 is 24.4 Å². The van der Waals surface area contributed by atoms with Gasteiger partial charge in [0, 0.05) is 11.0 Å². The quantitative estimate of drug-likeness (QED) is 0.519. The Labute approximate surface area is 187 Å². The highest BCUT2D eigenvalue weighted by atomic mass is 31.1. The highest BCUT2D eigenvalue weighted by molar-refractivity contribution is 7.76. The SMILES string of the molecule is CC(C)(C)[C@H]1COC(C2=CCC[C@@]23CCC=C3P(c2ccccc2)c2ccccc2)=N1. The zero-order valence-electron chi connectivity index (χ0n) is 18.8. The lowest BCUT2D eigenvalue weighted by molar-refractivity contribution is 0.234. The first-order chi connectivity index (χ1) is 15.0. The Morgan fingerprint density at radius 2 is 1.45 bits per heavy atom. The minimum absolute atomic E-state index is 0.0724. The average molecular weight is 430 g/mol. The van der Waals surface area contributed by atoms with Crippen LogP contribution in [0.2, 0.25) is 0 Å². The van der Waals surface area contributed by atoms with Crippen LogP contribution in [0.5, 0.6) is 0 Å². The molecule has 2 nitrogen and oxygen atoms in total. The van der Waals surface area contributed by atoms with E-state index in [0.717, 1.165) is 18.7 Å². The van der Waals surface area contributed by atoms with Crippen LogP contribution in [0.3, 0.4) is 0 Å². The molecule has 160 valence electrons. The van der Waals surface area contributed by atoms with Crippen LogP contribution in [0, 0.1) is 10.8 Å². The van der Waals surface area contributed by atoms with Crippen molar-refractivity contribution in [2.45, 2.75) is 52.5 Å². The van der Waals surface area contributed by atoms with Gasteiger partial charge in [0.25, 0.3) is 0 Å². The molecule has 5 rings (SSSR count). The fourth-order valence-electron chi connectivity index (χ4n) is 5.24. The van der Waals surface area contributed by atoms with Gasteiger partial charge in [-0.25, -0.2) is 4.99 Å². The second-order valence-electron chi connectivity index (χ2n) is 10.0. The van der Waals surface area contributed by atoms with Gasteiger partial charge in [0.05, 0.1) is 6.04 Å². The van der Waals surface area contributed by atoms with Gasteiger partial charge in [0.15, 0.2) is 0 Å². The van der Waals surface area contributed by atoms with Crippen LogP contribution in [0.25, 0.3) is 0 Å². The Morgan fingerprint density at radius 1 is 0.871 bits per heavy atom. The lowest BCUT2D eigenvalue weighted by Gasteiger charge is -2.36. The third-order valence-electron chi connectivity index (χ3n) is 6.99. The van der Waals surface area contributed by atoms with Gasteiger partial charge in [0.1, 0.15) is 6.61 Å². The van der Waals surface area contributed by atoms with E-state index < -0.39 is 7.92 Å². The number of hydrogen-bond acceptors (Lipinski definition) is 2. The van der Waals surface area contributed by atoms with E-state index in [1.54, 1.807) is 5.31 Å². The zero-order chi connectivity index (χ0) is 21.5. The van der Waals surface area contributed by atoms with Gasteiger partial charge < -0.3 is 4.74 Å². The lowest BCUT2D eigenvalue weighted by atomic mass is 9.80. The summed E-state index contributed by atoms with van der Waals surface area (Å²) < 4.78 is 6.26. The first-order valence-electron chi connectivity index (χ1n) is 11.5. The van der Waals surface area contributed by atoms with E-state index in [1.165, 1.54) is 29.0 Å². The number of allylic oxidation sites excluding steroid dienone is 3. The molecule has 2 atom stereocenters. The standard InChI is InChI=1S/C28H32NOP/c1-27(2,3)24-20-30-26(29-24)23-16-10-18-28(23)19-11-17-25(28)31(21-12-6-4-7-13-21)22-14-8-5-9-15-22/h4-9,12-17,24H,10-11,18-20H2,1-3H3/t24-,28-/m1/s1. The molecule has 0 aromatic heterocycles. The molecule has 0 saturated carbocycles. The van der Waals surface area contributed by atoms with Crippen molar-refractivity contribution in [1.82, 2.24) is 0 Å². The van der Waals surface area contributed by atoms with E-state index in [4.69, 9.17) is 9.73 Å². The Balaban J connectivity index is 1.57. The summed E-state index contributed by atoms with van der Waals surface area (Å²) in [5, 5.41) is 4.47. The van der Waals surface area contributed by atoms with Crippen molar-refractivity contribution in [3.63, 3.8) is 0 Å². The molecule has 0 saturated heterocycles. The second kappa shape index (κ2) is 8.06. The van der Waals surface area contributed by atoms with E-state index in [0.29, 0.717) is 6.61 Å².